The zero-order chi connectivity index (χ0) is 27.2. The fourth-order valence-electron chi connectivity index (χ4n) is 4.39. The van der Waals surface area contributed by atoms with E-state index >= 15 is 0 Å². The summed E-state index contributed by atoms with van der Waals surface area (Å²) in [5.41, 5.74) is 1.58. The van der Waals surface area contributed by atoms with Gasteiger partial charge in [-0.2, -0.15) is 0 Å². The molecule has 198 valence electrons. The van der Waals surface area contributed by atoms with Gasteiger partial charge in [0.05, 0.1) is 30.9 Å². The van der Waals surface area contributed by atoms with Crippen LogP contribution in [0.15, 0.2) is 78.4 Å². The number of ether oxygens (including phenoxy) is 3. The number of Topliss-reactive ketones (excluding diaryl/α,β-unsaturated/α-hetero) is 1. The molecule has 4 rings (SSSR count). The van der Waals surface area contributed by atoms with E-state index in [-0.39, 0.29) is 17.4 Å². The smallest absolute Gasteiger partial charge is 0.300 e. The highest BCUT2D eigenvalue weighted by molar-refractivity contribution is 6.51. The highest BCUT2D eigenvalue weighted by Crippen LogP contribution is 2.43. The number of anilines is 1. The zero-order valence-electron chi connectivity index (χ0n) is 22.1. The van der Waals surface area contributed by atoms with Gasteiger partial charge in [0.15, 0.2) is 0 Å². The van der Waals surface area contributed by atoms with Gasteiger partial charge in [-0.15, -0.1) is 0 Å². The van der Waals surface area contributed by atoms with Gasteiger partial charge in [-0.05, 0) is 81.3 Å². The van der Waals surface area contributed by atoms with E-state index in [1.165, 1.54) is 4.90 Å². The molecule has 3 aromatic rings. The van der Waals surface area contributed by atoms with Crippen LogP contribution in [0.2, 0.25) is 0 Å². The Morgan fingerprint density at radius 3 is 2.21 bits per heavy atom. The van der Waals surface area contributed by atoms with Crippen LogP contribution < -0.4 is 19.1 Å². The number of nitrogens with zero attached hydrogens (tertiary/aromatic N) is 1. The quantitative estimate of drug-likeness (QED) is 0.194. The van der Waals surface area contributed by atoms with Crippen LogP contribution in [-0.4, -0.2) is 36.1 Å². The number of aliphatic hydroxyl groups excluding tert-OH is 1. The van der Waals surface area contributed by atoms with Crippen molar-refractivity contribution in [3.05, 3.63) is 89.5 Å². The van der Waals surface area contributed by atoms with Gasteiger partial charge < -0.3 is 19.3 Å². The molecular formula is C31H33NO6. The van der Waals surface area contributed by atoms with Crippen molar-refractivity contribution >= 4 is 23.1 Å². The normalized spacial score (nSPS) is 16.7. The van der Waals surface area contributed by atoms with Crippen LogP contribution in [0.1, 0.15) is 51.3 Å². The van der Waals surface area contributed by atoms with E-state index in [4.69, 9.17) is 14.2 Å². The minimum absolute atomic E-state index is 0.00271. The van der Waals surface area contributed by atoms with Gasteiger partial charge in [-0.3, -0.25) is 14.5 Å². The number of carbonyl (C=O) groups is 2. The number of carbonyl (C=O) groups excluding carboxylic acids is 2. The van der Waals surface area contributed by atoms with E-state index in [1.54, 1.807) is 60.7 Å². The Morgan fingerprint density at radius 2 is 1.58 bits per heavy atom. The van der Waals surface area contributed by atoms with Crippen molar-refractivity contribution in [2.45, 2.75) is 46.3 Å². The van der Waals surface area contributed by atoms with Crippen LogP contribution in [0.25, 0.3) is 5.76 Å². The summed E-state index contributed by atoms with van der Waals surface area (Å²) >= 11 is 0. The summed E-state index contributed by atoms with van der Waals surface area (Å²) in [6.45, 7) is 8.80. The summed E-state index contributed by atoms with van der Waals surface area (Å²) in [4.78, 5) is 28.3. The number of hydrogen-bond donors (Lipinski definition) is 1. The van der Waals surface area contributed by atoms with Crippen molar-refractivity contribution < 1.29 is 28.9 Å². The molecule has 1 unspecified atom stereocenters. The highest BCUT2D eigenvalue weighted by Gasteiger charge is 2.47. The molecule has 1 fully saturated rings. The van der Waals surface area contributed by atoms with E-state index in [2.05, 4.69) is 0 Å². The molecule has 7 nitrogen and oxygen atoms in total. The number of benzene rings is 3. The van der Waals surface area contributed by atoms with Crippen molar-refractivity contribution in [1.82, 2.24) is 0 Å². The predicted molar refractivity (Wildman–Crippen MR) is 147 cm³/mol. The maximum Gasteiger partial charge on any atom is 0.300 e. The first kappa shape index (κ1) is 26.8. The van der Waals surface area contributed by atoms with Crippen LogP contribution >= 0.6 is 0 Å². The molecular weight excluding hydrogens is 482 g/mol. The first-order chi connectivity index (χ1) is 18.3. The molecule has 1 N–H and O–H groups in total. The lowest BCUT2D eigenvalue weighted by molar-refractivity contribution is -0.132. The van der Waals surface area contributed by atoms with Crippen LogP contribution in [0.3, 0.4) is 0 Å². The average molecular weight is 516 g/mol. The molecule has 1 atom stereocenters. The molecule has 1 aliphatic heterocycles. The molecule has 1 heterocycles. The molecule has 1 aliphatic rings. The van der Waals surface area contributed by atoms with Crippen LogP contribution in [-0.2, 0) is 9.59 Å². The number of rotatable bonds is 10. The van der Waals surface area contributed by atoms with Gasteiger partial charge in [0.1, 0.15) is 23.0 Å². The third-order valence-electron chi connectivity index (χ3n) is 6.02. The Kier molecular flexibility index (Phi) is 8.36. The van der Waals surface area contributed by atoms with E-state index in [9.17, 15) is 14.7 Å². The second-order valence-electron chi connectivity index (χ2n) is 9.21. The third-order valence-corrected chi connectivity index (χ3v) is 6.02. The predicted octanol–water partition coefficient (Wildman–Crippen LogP) is 6.29. The monoisotopic (exact) mass is 515 g/mol. The van der Waals surface area contributed by atoms with Gasteiger partial charge in [0, 0.05) is 17.3 Å². The number of ketones is 1. The van der Waals surface area contributed by atoms with Crippen LogP contribution in [0.4, 0.5) is 5.69 Å². The third kappa shape index (κ3) is 5.67. The Hall–Kier alpha value is -4.26. The lowest BCUT2D eigenvalue weighted by Crippen LogP contribution is -2.29. The standard InChI is InChI=1S/C31H33NO6/c1-5-18-37-24-14-12-22(13-15-24)29(33)27-28(21-10-16-25(17-11-21)38-20(3)4)32(31(35)30(27)34)23-8-7-9-26(19-23)36-6-2/h7-17,19-20,28,33H,5-6,18H2,1-4H3/b29-27+. The second kappa shape index (κ2) is 11.9. The Bertz CT molecular complexity index is 1310. The first-order valence-corrected chi connectivity index (χ1v) is 12.9. The van der Waals surface area contributed by atoms with Crippen molar-refractivity contribution in [3.8, 4) is 17.2 Å². The second-order valence-corrected chi connectivity index (χ2v) is 9.21. The Morgan fingerprint density at radius 1 is 0.895 bits per heavy atom. The molecule has 0 spiro atoms. The lowest BCUT2D eigenvalue weighted by Gasteiger charge is -2.26. The zero-order valence-corrected chi connectivity index (χ0v) is 22.1. The van der Waals surface area contributed by atoms with Crippen molar-refractivity contribution in [2.24, 2.45) is 0 Å². The van der Waals surface area contributed by atoms with Crippen molar-refractivity contribution in [1.29, 1.82) is 0 Å². The minimum atomic E-state index is -0.851. The highest BCUT2D eigenvalue weighted by atomic mass is 16.5. The molecule has 0 bridgehead atoms. The van der Waals surface area contributed by atoms with Crippen LogP contribution in [0.5, 0.6) is 17.2 Å². The minimum Gasteiger partial charge on any atom is -0.507 e. The summed E-state index contributed by atoms with van der Waals surface area (Å²) < 4.78 is 17.0. The molecule has 0 aromatic heterocycles. The molecule has 1 amide bonds. The molecule has 7 heteroatoms. The first-order valence-electron chi connectivity index (χ1n) is 12.9. The molecule has 3 aromatic carbocycles. The van der Waals surface area contributed by atoms with Crippen molar-refractivity contribution in [2.75, 3.05) is 18.1 Å². The van der Waals surface area contributed by atoms with E-state index < -0.39 is 17.7 Å². The largest absolute Gasteiger partial charge is 0.507 e. The molecule has 1 saturated heterocycles. The summed E-state index contributed by atoms with van der Waals surface area (Å²) in [5, 5.41) is 11.4. The fourth-order valence-corrected chi connectivity index (χ4v) is 4.39. The number of hydrogen-bond acceptors (Lipinski definition) is 6. The van der Waals surface area contributed by atoms with Gasteiger partial charge in [-0.25, -0.2) is 0 Å². The summed E-state index contributed by atoms with van der Waals surface area (Å²) in [5.74, 6) is 0.171. The summed E-state index contributed by atoms with van der Waals surface area (Å²) in [7, 11) is 0. The number of aliphatic hydroxyl groups is 1. The topological polar surface area (TPSA) is 85.3 Å². The van der Waals surface area contributed by atoms with Gasteiger partial charge >= 0.3 is 0 Å². The Balaban J connectivity index is 1.82. The maximum absolute atomic E-state index is 13.4. The van der Waals surface area contributed by atoms with Crippen molar-refractivity contribution in [3.63, 3.8) is 0 Å². The van der Waals surface area contributed by atoms with Gasteiger partial charge in [-0.1, -0.05) is 25.1 Å². The lowest BCUT2D eigenvalue weighted by atomic mass is 9.95. The molecule has 0 saturated carbocycles. The van der Waals surface area contributed by atoms with Gasteiger partial charge in [0.2, 0.25) is 0 Å². The van der Waals surface area contributed by atoms with E-state index in [0.29, 0.717) is 47.3 Å². The van der Waals surface area contributed by atoms with E-state index in [0.717, 1.165) is 6.42 Å². The average Bonchev–Trinajstić information content (AvgIpc) is 3.18. The summed E-state index contributed by atoms with van der Waals surface area (Å²) in [6.07, 6.45) is 0.869. The maximum atomic E-state index is 13.4. The fraction of sp³-hybridized carbons (Fsp3) is 0.290. The van der Waals surface area contributed by atoms with Crippen LogP contribution in [0, 0.1) is 0 Å². The number of amides is 1. The van der Waals surface area contributed by atoms with Gasteiger partial charge in [0.25, 0.3) is 11.7 Å². The summed E-state index contributed by atoms with van der Waals surface area (Å²) in [6, 6.07) is 20.2. The molecule has 0 aliphatic carbocycles. The van der Waals surface area contributed by atoms with E-state index in [1.807, 2.05) is 39.8 Å². The molecule has 38 heavy (non-hydrogen) atoms. The SMILES string of the molecule is CCCOc1ccc(/C(O)=C2\C(=O)C(=O)N(c3cccc(OCC)c3)C2c2ccc(OC(C)C)cc2)cc1. The Labute approximate surface area is 223 Å². The molecule has 0 radical (unpaired) electrons.